The molecule has 1 radical (unpaired) electrons. The Hall–Kier alpha value is -2.96. The zero-order valence-electron chi connectivity index (χ0n) is 14.1. The van der Waals surface area contributed by atoms with E-state index in [-0.39, 0.29) is 0 Å². The molecular formula is C18H17F2N4O. The molecule has 0 N–H and O–H groups in total. The fraction of sp³-hybridized carbons (Fsp3) is 0.222. The second-order valence-electron chi connectivity index (χ2n) is 6.63. The van der Waals surface area contributed by atoms with Crippen LogP contribution in [0.3, 0.4) is 0 Å². The van der Waals surface area contributed by atoms with Gasteiger partial charge in [0.15, 0.2) is 5.84 Å². The van der Waals surface area contributed by atoms with Gasteiger partial charge in [-0.05, 0) is 48.5 Å². The first-order valence-corrected chi connectivity index (χ1v) is 7.72. The van der Waals surface area contributed by atoms with Gasteiger partial charge in [0.1, 0.15) is 11.6 Å². The summed E-state index contributed by atoms with van der Waals surface area (Å²) in [5, 5.41) is 6.65. The van der Waals surface area contributed by atoms with Crippen LogP contribution in [0.15, 0.2) is 53.6 Å². The van der Waals surface area contributed by atoms with E-state index in [0.717, 1.165) is 10.0 Å². The second kappa shape index (κ2) is 6.16. The first kappa shape index (κ1) is 16.9. The number of nitrogens with zero attached hydrogens (tertiary/aromatic N) is 4. The summed E-state index contributed by atoms with van der Waals surface area (Å²) in [5.41, 5.74) is 4.71. The lowest BCUT2D eigenvalue weighted by atomic mass is 9.95. The van der Waals surface area contributed by atoms with Gasteiger partial charge in [-0.1, -0.05) is 20.8 Å². The molecule has 0 saturated carbocycles. The summed E-state index contributed by atoms with van der Waals surface area (Å²) in [6.07, 6.45) is 0. The average molecular weight is 343 g/mol. The van der Waals surface area contributed by atoms with Gasteiger partial charge >= 0.3 is 6.03 Å². The maximum absolute atomic E-state index is 13.2. The summed E-state index contributed by atoms with van der Waals surface area (Å²) < 4.78 is 26.4. The standard InChI is InChI=1S/C18H17F2N4O/c1-18(2,3)16-21-23(14-8-4-12(19)5-9-14)17(25)24(22-16)15-10-6-13(20)7-11-15/h4-11H,1-3H3. The molecular weight excluding hydrogens is 326 g/mol. The highest BCUT2D eigenvalue weighted by atomic mass is 19.1. The maximum atomic E-state index is 13.2. The van der Waals surface area contributed by atoms with Gasteiger partial charge in [0.2, 0.25) is 0 Å². The van der Waals surface area contributed by atoms with Gasteiger partial charge in [0.25, 0.3) is 0 Å². The highest BCUT2D eigenvalue weighted by molar-refractivity contribution is 6.09. The number of rotatable bonds is 2. The summed E-state index contributed by atoms with van der Waals surface area (Å²) in [4.78, 5) is 12.8. The van der Waals surface area contributed by atoms with E-state index < -0.39 is 23.1 Å². The molecule has 3 rings (SSSR count). The molecule has 0 fully saturated rings. The van der Waals surface area contributed by atoms with E-state index in [1.807, 2.05) is 20.8 Å². The van der Waals surface area contributed by atoms with Crippen LogP contribution in [0.25, 0.3) is 0 Å². The predicted molar refractivity (Wildman–Crippen MR) is 92.2 cm³/mol. The Labute approximate surface area is 144 Å². The summed E-state index contributed by atoms with van der Waals surface area (Å²) in [6, 6.07) is 10.3. The molecule has 129 valence electrons. The van der Waals surface area contributed by atoms with Crippen LogP contribution in [-0.4, -0.2) is 11.9 Å². The SMILES string of the molecule is CC(C)(C)C1=NN(c2ccc(F)cc2)C(=O)N(c2ccc(F)cc2)[N]1. The molecule has 5 nitrogen and oxygen atoms in total. The van der Waals surface area contributed by atoms with Crippen LogP contribution >= 0.6 is 0 Å². The third-order valence-corrected chi connectivity index (χ3v) is 3.57. The first-order chi connectivity index (χ1) is 11.8. The number of benzene rings is 2. The number of hydrazone groups is 1. The third kappa shape index (κ3) is 3.45. The number of hydrogen-bond donors (Lipinski definition) is 0. The van der Waals surface area contributed by atoms with Crippen molar-refractivity contribution in [1.82, 2.24) is 5.43 Å². The Bertz CT molecular complexity index is 810. The molecule has 0 saturated heterocycles. The zero-order valence-corrected chi connectivity index (χ0v) is 14.1. The molecule has 0 bridgehead atoms. The second-order valence-corrected chi connectivity index (χ2v) is 6.63. The van der Waals surface area contributed by atoms with Gasteiger partial charge in [0, 0.05) is 5.41 Å². The number of carbonyl (C=O) groups excluding carboxylic acids is 1. The number of carbonyl (C=O) groups is 1. The predicted octanol–water partition coefficient (Wildman–Crippen LogP) is 4.29. The number of urea groups is 1. The molecule has 0 aromatic heterocycles. The van der Waals surface area contributed by atoms with Crippen molar-refractivity contribution >= 4 is 23.2 Å². The monoisotopic (exact) mass is 343 g/mol. The Balaban J connectivity index is 2.05. The lowest BCUT2D eigenvalue weighted by Crippen LogP contribution is -2.55. The van der Waals surface area contributed by atoms with E-state index in [1.54, 1.807) is 0 Å². The van der Waals surface area contributed by atoms with E-state index in [1.165, 1.54) is 48.5 Å². The van der Waals surface area contributed by atoms with Crippen molar-refractivity contribution in [3.63, 3.8) is 0 Å². The molecule has 7 heteroatoms. The summed E-state index contributed by atoms with van der Waals surface area (Å²) in [5.74, 6) is -0.401. The molecule has 1 aliphatic heterocycles. The Kier molecular flexibility index (Phi) is 4.16. The minimum atomic E-state index is -0.536. The molecule has 25 heavy (non-hydrogen) atoms. The number of halogens is 2. The van der Waals surface area contributed by atoms with E-state index >= 15 is 0 Å². The van der Waals surface area contributed by atoms with Gasteiger partial charge in [-0.2, -0.15) is 10.0 Å². The van der Waals surface area contributed by atoms with Crippen molar-refractivity contribution in [3.8, 4) is 0 Å². The fourth-order valence-electron chi connectivity index (χ4n) is 2.19. The zero-order chi connectivity index (χ0) is 18.2. The molecule has 2 amide bonds. The van der Waals surface area contributed by atoms with Crippen molar-refractivity contribution in [1.29, 1.82) is 0 Å². The minimum Gasteiger partial charge on any atom is -0.244 e. The molecule has 1 heterocycles. The van der Waals surface area contributed by atoms with E-state index in [2.05, 4.69) is 10.5 Å². The smallest absolute Gasteiger partial charge is 0.244 e. The Morgan fingerprint density at radius 3 is 1.68 bits per heavy atom. The van der Waals surface area contributed by atoms with Crippen LogP contribution in [0.4, 0.5) is 25.0 Å². The maximum Gasteiger partial charge on any atom is 0.370 e. The van der Waals surface area contributed by atoms with Crippen LogP contribution < -0.4 is 15.4 Å². The number of amides is 2. The van der Waals surface area contributed by atoms with Crippen LogP contribution in [0.2, 0.25) is 0 Å². The van der Waals surface area contributed by atoms with Gasteiger partial charge < -0.3 is 0 Å². The first-order valence-electron chi connectivity index (χ1n) is 7.72. The van der Waals surface area contributed by atoms with Crippen molar-refractivity contribution < 1.29 is 13.6 Å². The number of amidine groups is 1. The van der Waals surface area contributed by atoms with Gasteiger partial charge in [-0.15, -0.1) is 10.5 Å². The molecule has 0 unspecified atom stereocenters. The molecule has 1 aliphatic rings. The van der Waals surface area contributed by atoms with Gasteiger partial charge in [-0.3, -0.25) is 0 Å². The summed E-state index contributed by atoms with van der Waals surface area (Å²) in [6.45, 7) is 5.74. The average Bonchev–Trinajstić information content (AvgIpc) is 2.56. The molecule has 2 aromatic carbocycles. The Morgan fingerprint density at radius 2 is 1.24 bits per heavy atom. The lowest BCUT2D eigenvalue weighted by molar-refractivity contribution is 0.248. The molecule has 0 aliphatic carbocycles. The van der Waals surface area contributed by atoms with Crippen LogP contribution in [0.5, 0.6) is 0 Å². The topological polar surface area (TPSA) is 50.0 Å². The molecule has 0 atom stereocenters. The van der Waals surface area contributed by atoms with Gasteiger partial charge in [-0.25, -0.2) is 13.6 Å². The highest BCUT2D eigenvalue weighted by Gasteiger charge is 2.36. The largest absolute Gasteiger partial charge is 0.370 e. The fourth-order valence-corrected chi connectivity index (χ4v) is 2.19. The summed E-state index contributed by atoms with van der Waals surface area (Å²) in [7, 11) is 0. The third-order valence-electron chi connectivity index (χ3n) is 3.57. The normalized spacial score (nSPS) is 15.1. The van der Waals surface area contributed by atoms with Crippen molar-refractivity contribution in [2.75, 3.05) is 10.0 Å². The molecule has 0 spiro atoms. The van der Waals surface area contributed by atoms with E-state index in [0.29, 0.717) is 17.2 Å². The quantitative estimate of drug-likeness (QED) is 0.802. The van der Waals surface area contributed by atoms with Gasteiger partial charge in [0.05, 0.1) is 11.4 Å². The van der Waals surface area contributed by atoms with Crippen molar-refractivity contribution in [3.05, 3.63) is 60.2 Å². The molecule has 2 aromatic rings. The van der Waals surface area contributed by atoms with E-state index in [4.69, 9.17) is 0 Å². The number of hydrogen-bond acceptors (Lipinski definition) is 2. The minimum absolute atomic E-state index is 0.409. The number of anilines is 2. The lowest BCUT2D eigenvalue weighted by Gasteiger charge is -2.35. The van der Waals surface area contributed by atoms with Crippen LogP contribution in [0, 0.1) is 17.0 Å². The van der Waals surface area contributed by atoms with E-state index in [9.17, 15) is 13.6 Å². The van der Waals surface area contributed by atoms with Crippen molar-refractivity contribution in [2.45, 2.75) is 20.8 Å². The Morgan fingerprint density at radius 1 is 0.800 bits per heavy atom. The van der Waals surface area contributed by atoms with Crippen LogP contribution in [-0.2, 0) is 0 Å². The summed E-state index contributed by atoms with van der Waals surface area (Å²) >= 11 is 0. The van der Waals surface area contributed by atoms with Crippen LogP contribution in [0.1, 0.15) is 20.8 Å². The van der Waals surface area contributed by atoms with Crippen molar-refractivity contribution in [2.24, 2.45) is 10.5 Å². The highest BCUT2D eigenvalue weighted by Crippen LogP contribution is 2.27.